The minimum atomic E-state index is -0.817. The second-order valence-corrected chi connectivity index (χ2v) is 3.10. The summed E-state index contributed by atoms with van der Waals surface area (Å²) < 4.78 is 12.9. The SMILES string of the molecule is CC(CN)c1ccc(F)c([N+](=O)[O-])c1. The Labute approximate surface area is 80.7 Å². The molecule has 1 rings (SSSR count). The van der Waals surface area contributed by atoms with Crippen LogP contribution in [-0.4, -0.2) is 11.5 Å². The van der Waals surface area contributed by atoms with Crippen LogP contribution in [0.1, 0.15) is 18.4 Å². The number of nitrogens with zero attached hydrogens (tertiary/aromatic N) is 1. The minimum absolute atomic E-state index is 0.00528. The molecule has 1 aromatic rings. The minimum Gasteiger partial charge on any atom is -0.330 e. The van der Waals surface area contributed by atoms with E-state index in [9.17, 15) is 14.5 Å². The zero-order chi connectivity index (χ0) is 10.7. The van der Waals surface area contributed by atoms with E-state index in [1.54, 1.807) is 0 Å². The smallest absolute Gasteiger partial charge is 0.305 e. The standard InChI is InChI=1S/C9H11FN2O2/c1-6(5-11)7-2-3-8(10)9(4-7)12(13)14/h2-4,6H,5,11H2,1H3. The fourth-order valence-electron chi connectivity index (χ4n) is 1.11. The third-order valence-corrected chi connectivity index (χ3v) is 2.09. The van der Waals surface area contributed by atoms with Crippen molar-refractivity contribution >= 4 is 5.69 Å². The normalized spacial score (nSPS) is 12.5. The summed E-state index contributed by atoms with van der Waals surface area (Å²) in [4.78, 5) is 9.69. The lowest BCUT2D eigenvalue weighted by Crippen LogP contribution is -2.09. The van der Waals surface area contributed by atoms with Gasteiger partial charge >= 0.3 is 5.69 Å². The van der Waals surface area contributed by atoms with E-state index < -0.39 is 16.4 Å². The molecule has 1 atom stereocenters. The summed E-state index contributed by atoms with van der Waals surface area (Å²) in [7, 11) is 0. The van der Waals surface area contributed by atoms with Gasteiger partial charge in [0, 0.05) is 6.07 Å². The van der Waals surface area contributed by atoms with Crippen LogP contribution < -0.4 is 5.73 Å². The zero-order valence-electron chi connectivity index (χ0n) is 7.74. The van der Waals surface area contributed by atoms with E-state index >= 15 is 0 Å². The van der Waals surface area contributed by atoms with Gasteiger partial charge in [-0.2, -0.15) is 4.39 Å². The quantitative estimate of drug-likeness (QED) is 0.594. The first-order chi connectivity index (χ1) is 6.56. The molecule has 0 aliphatic rings. The van der Waals surface area contributed by atoms with Crippen LogP contribution in [-0.2, 0) is 0 Å². The fourth-order valence-corrected chi connectivity index (χ4v) is 1.11. The molecule has 1 aromatic carbocycles. The van der Waals surface area contributed by atoms with Crippen molar-refractivity contribution < 1.29 is 9.31 Å². The summed E-state index contributed by atoms with van der Waals surface area (Å²) in [6.07, 6.45) is 0. The highest BCUT2D eigenvalue weighted by Crippen LogP contribution is 2.22. The monoisotopic (exact) mass is 198 g/mol. The lowest BCUT2D eigenvalue weighted by molar-refractivity contribution is -0.387. The van der Waals surface area contributed by atoms with Gasteiger partial charge in [-0.1, -0.05) is 13.0 Å². The van der Waals surface area contributed by atoms with Crippen molar-refractivity contribution in [1.29, 1.82) is 0 Å². The molecule has 0 amide bonds. The molecular formula is C9H11FN2O2. The van der Waals surface area contributed by atoms with Gasteiger partial charge < -0.3 is 5.73 Å². The Morgan fingerprint density at radius 2 is 2.29 bits per heavy atom. The molecule has 0 aromatic heterocycles. The number of nitro groups is 1. The lowest BCUT2D eigenvalue weighted by atomic mass is 10.0. The highest BCUT2D eigenvalue weighted by Gasteiger charge is 2.15. The van der Waals surface area contributed by atoms with Gasteiger partial charge in [0.25, 0.3) is 0 Å². The van der Waals surface area contributed by atoms with E-state index in [1.165, 1.54) is 12.1 Å². The van der Waals surface area contributed by atoms with Gasteiger partial charge in [-0.3, -0.25) is 10.1 Å². The van der Waals surface area contributed by atoms with Crippen LogP contribution in [0, 0.1) is 15.9 Å². The van der Waals surface area contributed by atoms with Gasteiger partial charge in [0.05, 0.1) is 4.92 Å². The van der Waals surface area contributed by atoms with Crippen molar-refractivity contribution in [2.75, 3.05) is 6.54 Å². The first kappa shape index (κ1) is 10.6. The Bertz CT molecular complexity index is 355. The Morgan fingerprint density at radius 1 is 1.64 bits per heavy atom. The number of hydrogen-bond donors (Lipinski definition) is 1. The van der Waals surface area contributed by atoms with Crippen LogP contribution in [0.15, 0.2) is 18.2 Å². The molecule has 4 nitrogen and oxygen atoms in total. The van der Waals surface area contributed by atoms with Gasteiger partial charge in [-0.25, -0.2) is 0 Å². The maximum atomic E-state index is 12.9. The predicted molar refractivity (Wildman–Crippen MR) is 50.5 cm³/mol. The first-order valence-electron chi connectivity index (χ1n) is 4.20. The van der Waals surface area contributed by atoms with Crippen molar-refractivity contribution in [2.24, 2.45) is 5.73 Å². The second kappa shape index (κ2) is 4.15. The number of hydrogen-bond acceptors (Lipinski definition) is 3. The van der Waals surface area contributed by atoms with Gasteiger partial charge in [0.15, 0.2) is 0 Å². The average Bonchev–Trinajstić information content (AvgIpc) is 2.17. The molecule has 0 aliphatic heterocycles. The number of benzene rings is 1. The van der Waals surface area contributed by atoms with E-state index in [0.717, 1.165) is 6.07 Å². The Kier molecular flexibility index (Phi) is 3.14. The maximum absolute atomic E-state index is 12.9. The van der Waals surface area contributed by atoms with Crippen molar-refractivity contribution in [2.45, 2.75) is 12.8 Å². The molecule has 0 fully saturated rings. The molecule has 14 heavy (non-hydrogen) atoms. The molecule has 0 aliphatic carbocycles. The molecule has 0 spiro atoms. The van der Waals surface area contributed by atoms with Crippen LogP contribution in [0.3, 0.4) is 0 Å². The third-order valence-electron chi connectivity index (χ3n) is 2.09. The molecule has 2 N–H and O–H groups in total. The van der Waals surface area contributed by atoms with Gasteiger partial charge in [-0.05, 0) is 24.1 Å². The number of nitrogens with two attached hydrogens (primary N) is 1. The Balaban J connectivity index is 3.12. The van der Waals surface area contributed by atoms with Crippen LogP contribution in [0.25, 0.3) is 0 Å². The third kappa shape index (κ3) is 2.05. The van der Waals surface area contributed by atoms with Crippen molar-refractivity contribution in [3.05, 3.63) is 39.7 Å². The Hall–Kier alpha value is -1.49. The van der Waals surface area contributed by atoms with Crippen LogP contribution >= 0.6 is 0 Å². The van der Waals surface area contributed by atoms with Crippen molar-refractivity contribution in [1.82, 2.24) is 0 Å². The van der Waals surface area contributed by atoms with E-state index in [-0.39, 0.29) is 5.92 Å². The number of halogens is 1. The largest absolute Gasteiger partial charge is 0.330 e. The van der Waals surface area contributed by atoms with E-state index in [1.807, 2.05) is 6.92 Å². The topological polar surface area (TPSA) is 69.2 Å². The van der Waals surface area contributed by atoms with Crippen molar-refractivity contribution in [3.63, 3.8) is 0 Å². The summed E-state index contributed by atoms with van der Waals surface area (Å²) >= 11 is 0. The summed E-state index contributed by atoms with van der Waals surface area (Å²) in [5.41, 5.74) is 5.59. The number of nitro benzene ring substituents is 1. The summed E-state index contributed by atoms with van der Waals surface area (Å²) in [6, 6.07) is 3.84. The molecule has 0 saturated carbocycles. The molecule has 0 heterocycles. The highest BCUT2D eigenvalue weighted by molar-refractivity contribution is 5.37. The molecule has 0 radical (unpaired) electrons. The van der Waals surface area contributed by atoms with Crippen LogP contribution in [0.2, 0.25) is 0 Å². The van der Waals surface area contributed by atoms with Crippen molar-refractivity contribution in [3.8, 4) is 0 Å². The van der Waals surface area contributed by atoms with Gasteiger partial charge in [0.2, 0.25) is 5.82 Å². The fraction of sp³-hybridized carbons (Fsp3) is 0.333. The molecule has 0 bridgehead atoms. The average molecular weight is 198 g/mol. The van der Waals surface area contributed by atoms with Gasteiger partial charge in [-0.15, -0.1) is 0 Å². The molecule has 5 heteroatoms. The first-order valence-corrected chi connectivity index (χ1v) is 4.20. The summed E-state index contributed by atoms with van der Waals surface area (Å²) in [6.45, 7) is 2.21. The zero-order valence-corrected chi connectivity index (χ0v) is 7.74. The van der Waals surface area contributed by atoms with E-state index in [0.29, 0.717) is 12.1 Å². The molecule has 76 valence electrons. The predicted octanol–water partition coefficient (Wildman–Crippen LogP) is 1.80. The number of rotatable bonds is 3. The molecule has 1 unspecified atom stereocenters. The summed E-state index contributed by atoms with van der Waals surface area (Å²) in [5, 5.41) is 10.4. The Morgan fingerprint density at radius 3 is 2.79 bits per heavy atom. The van der Waals surface area contributed by atoms with E-state index in [4.69, 9.17) is 5.73 Å². The second-order valence-electron chi connectivity index (χ2n) is 3.10. The van der Waals surface area contributed by atoms with Crippen LogP contribution in [0.5, 0.6) is 0 Å². The highest BCUT2D eigenvalue weighted by atomic mass is 19.1. The van der Waals surface area contributed by atoms with Crippen LogP contribution in [0.4, 0.5) is 10.1 Å². The lowest BCUT2D eigenvalue weighted by Gasteiger charge is -2.07. The maximum Gasteiger partial charge on any atom is 0.305 e. The van der Waals surface area contributed by atoms with E-state index in [2.05, 4.69) is 0 Å². The molecule has 0 saturated heterocycles. The summed E-state index contributed by atoms with van der Waals surface area (Å²) in [5.74, 6) is -0.822. The molecular weight excluding hydrogens is 187 g/mol. The van der Waals surface area contributed by atoms with Gasteiger partial charge in [0.1, 0.15) is 0 Å².